The van der Waals surface area contributed by atoms with Crippen LogP contribution in [0.4, 0.5) is 0 Å². The first-order valence-electron chi connectivity index (χ1n) is 5.15. The molecule has 78 valence electrons. The smallest absolute Gasteiger partial charge is 0.269 e. The monoisotopic (exact) mass is 220 g/mol. The van der Waals surface area contributed by atoms with E-state index in [1.165, 1.54) is 0 Å². The normalized spacial score (nSPS) is 21.1. The summed E-state index contributed by atoms with van der Waals surface area (Å²) in [5.41, 5.74) is 0.854. The zero-order valence-corrected chi connectivity index (χ0v) is 9.17. The summed E-state index contributed by atoms with van der Waals surface area (Å²) in [6.07, 6.45) is 1.09. The summed E-state index contributed by atoms with van der Waals surface area (Å²) in [6.45, 7) is 1.88. The molecule has 0 radical (unpaired) electrons. The van der Waals surface area contributed by atoms with Crippen molar-refractivity contribution in [3.63, 3.8) is 0 Å². The minimum Gasteiger partial charge on any atom is -0.270 e. The predicted octanol–water partition coefficient (Wildman–Crippen LogP) is 1.81. The van der Waals surface area contributed by atoms with Crippen LogP contribution >= 0.6 is 11.8 Å². The lowest BCUT2D eigenvalue weighted by Crippen LogP contribution is -2.39. The molecule has 0 aromatic heterocycles. The molecule has 0 aliphatic carbocycles. The number of nitrogens with zero attached hydrogens (tertiary/aromatic N) is 2. The third-order valence-corrected chi connectivity index (χ3v) is 3.94. The molecule has 0 unspecified atom stereocenters. The molecule has 1 saturated heterocycles. The molecule has 3 rings (SSSR count). The molecule has 2 heterocycles. The molecule has 0 saturated carbocycles. The molecule has 2 aliphatic rings. The minimum atomic E-state index is 0.160. The fraction of sp³-hybridized carbons (Fsp3) is 0.364. The number of fused-ring (bicyclic) bond motifs is 2. The van der Waals surface area contributed by atoms with E-state index in [-0.39, 0.29) is 5.91 Å². The van der Waals surface area contributed by atoms with E-state index >= 15 is 0 Å². The number of hydrazine groups is 1. The van der Waals surface area contributed by atoms with Gasteiger partial charge in [-0.15, -0.1) is 11.8 Å². The molecular weight excluding hydrogens is 208 g/mol. The van der Waals surface area contributed by atoms with E-state index in [4.69, 9.17) is 0 Å². The van der Waals surface area contributed by atoms with Gasteiger partial charge in [-0.1, -0.05) is 12.1 Å². The quantitative estimate of drug-likeness (QED) is 0.666. The Hall–Kier alpha value is -1.00. The molecule has 0 atom stereocenters. The van der Waals surface area contributed by atoms with E-state index in [9.17, 15) is 4.79 Å². The molecule has 1 aromatic carbocycles. The van der Waals surface area contributed by atoms with Gasteiger partial charge in [0.15, 0.2) is 0 Å². The Morgan fingerprint density at radius 3 is 3.00 bits per heavy atom. The van der Waals surface area contributed by atoms with Crippen LogP contribution in [0.2, 0.25) is 0 Å². The fourth-order valence-corrected chi connectivity index (χ4v) is 3.12. The van der Waals surface area contributed by atoms with E-state index in [1.807, 2.05) is 29.3 Å². The van der Waals surface area contributed by atoms with Gasteiger partial charge in [-0.25, -0.2) is 5.01 Å². The van der Waals surface area contributed by atoms with Crippen molar-refractivity contribution in [3.8, 4) is 0 Å². The van der Waals surface area contributed by atoms with E-state index in [0.717, 1.165) is 35.8 Å². The maximum Gasteiger partial charge on any atom is 0.269 e. The number of carbonyl (C=O) groups is 1. The van der Waals surface area contributed by atoms with Crippen LogP contribution in [-0.4, -0.2) is 34.9 Å². The Morgan fingerprint density at radius 1 is 1.20 bits per heavy atom. The van der Waals surface area contributed by atoms with Gasteiger partial charge >= 0.3 is 0 Å². The van der Waals surface area contributed by atoms with Crippen molar-refractivity contribution in [2.45, 2.75) is 11.3 Å². The van der Waals surface area contributed by atoms with Crippen molar-refractivity contribution in [3.05, 3.63) is 29.8 Å². The van der Waals surface area contributed by atoms with E-state index in [0.29, 0.717) is 0 Å². The largest absolute Gasteiger partial charge is 0.270 e. The maximum absolute atomic E-state index is 12.2. The van der Waals surface area contributed by atoms with Crippen LogP contribution in [0.5, 0.6) is 0 Å². The molecule has 1 amide bonds. The summed E-state index contributed by atoms with van der Waals surface area (Å²) < 4.78 is 0. The third kappa shape index (κ3) is 1.44. The topological polar surface area (TPSA) is 23.6 Å². The Labute approximate surface area is 93.0 Å². The first-order chi connectivity index (χ1) is 7.36. The number of hydrogen-bond acceptors (Lipinski definition) is 3. The Bertz CT molecular complexity index is 407. The van der Waals surface area contributed by atoms with E-state index in [1.54, 1.807) is 11.8 Å². The van der Waals surface area contributed by atoms with Gasteiger partial charge in [-0.05, 0) is 18.6 Å². The number of rotatable bonds is 0. The number of amides is 1. The summed E-state index contributed by atoms with van der Waals surface area (Å²) in [6, 6.07) is 7.88. The van der Waals surface area contributed by atoms with Gasteiger partial charge in [-0.3, -0.25) is 9.80 Å². The lowest BCUT2D eigenvalue weighted by atomic mass is 10.2. The molecule has 0 N–H and O–H groups in total. The van der Waals surface area contributed by atoms with Crippen molar-refractivity contribution < 1.29 is 4.79 Å². The molecule has 1 aromatic rings. The minimum absolute atomic E-state index is 0.160. The predicted molar refractivity (Wildman–Crippen MR) is 59.5 cm³/mol. The lowest BCUT2D eigenvalue weighted by molar-refractivity contribution is 0.0318. The summed E-state index contributed by atoms with van der Waals surface area (Å²) in [5, 5.41) is 4.03. The van der Waals surface area contributed by atoms with Gasteiger partial charge in [0.2, 0.25) is 0 Å². The van der Waals surface area contributed by atoms with Gasteiger partial charge in [0.05, 0.1) is 11.4 Å². The molecule has 1 fully saturated rings. The average molecular weight is 220 g/mol. The number of hydrogen-bond donors (Lipinski definition) is 0. The fourth-order valence-electron chi connectivity index (χ4n) is 2.08. The molecule has 0 spiro atoms. The lowest BCUT2D eigenvalue weighted by Gasteiger charge is -2.24. The second-order valence-electron chi connectivity index (χ2n) is 3.78. The van der Waals surface area contributed by atoms with Crippen molar-refractivity contribution in [1.82, 2.24) is 10.0 Å². The first-order valence-corrected chi connectivity index (χ1v) is 6.13. The van der Waals surface area contributed by atoms with Crippen LogP contribution in [0.1, 0.15) is 16.8 Å². The van der Waals surface area contributed by atoms with Crippen LogP contribution in [-0.2, 0) is 0 Å². The Balaban J connectivity index is 2.04. The summed E-state index contributed by atoms with van der Waals surface area (Å²) in [7, 11) is 0. The Kier molecular flexibility index (Phi) is 2.18. The third-order valence-electron chi connectivity index (χ3n) is 2.85. The molecule has 3 nitrogen and oxygen atoms in total. The molecule has 15 heavy (non-hydrogen) atoms. The zero-order valence-electron chi connectivity index (χ0n) is 8.35. The highest BCUT2D eigenvalue weighted by molar-refractivity contribution is 7.99. The zero-order chi connectivity index (χ0) is 10.3. The molecular formula is C11H12N2OS. The SMILES string of the molecule is O=C1c2ccccc2SCN2CCCN12. The maximum atomic E-state index is 12.2. The van der Waals surface area contributed by atoms with Gasteiger partial charge < -0.3 is 0 Å². The second kappa shape index (κ2) is 3.54. The summed E-state index contributed by atoms with van der Waals surface area (Å²) >= 11 is 1.75. The van der Waals surface area contributed by atoms with E-state index < -0.39 is 0 Å². The number of thioether (sulfide) groups is 1. The van der Waals surface area contributed by atoms with Crippen LogP contribution in [0.15, 0.2) is 29.2 Å². The standard InChI is InChI=1S/C11H12N2OS/c14-11-9-4-1-2-5-10(9)15-8-12-6-3-7-13(11)12/h1-2,4-5H,3,6-8H2. The first kappa shape index (κ1) is 9.24. The average Bonchev–Trinajstić information content (AvgIpc) is 2.69. The number of benzene rings is 1. The van der Waals surface area contributed by atoms with Crippen molar-refractivity contribution in [1.29, 1.82) is 0 Å². The highest BCUT2D eigenvalue weighted by Crippen LogP contribution is 2.31. The highest BCUT2D eigenvalue weighted by atomic mass is 32.2. The van der Waals surface area contributed by atoms with Gasteiger partial charge in [0.1, 0.15) is 0 Å². The molecule has 4 heteroatoms. The van der Waals surface area contributed by atoms with Crippen LogP contribution in [0.3, 0.4) is 0 Å². The van der Waals surface area contributed by atoms with Crippen molar-refractivity contribution in [2.75, 3.05) is 19.0 Å². The van der Waals surface area contributed by atoms with Crippen molar-refractivity contribution >= 4 is 17.7 Å². The van der Waals surface area contributed by atoms with Gasteiger partial charge in [-0.2, -0.15) is 0 Å². The summed E-state index contributed by atoms with van der Waals surface area (Å²) in [4.78, 5) is 13.3. The van der Waals surface area contributed by atoms with Crippen molar-refractivity contribution in [2.24, 2.45) is 0 Å². The van der Waals surface area contributed by atoms with E-state index in [2.05, 4.69) is 5.01 Å². The van der Waals surface area contributed by atoms with Gasteiger partial charge in [0, 0.05) is 18.0 Å². The Morgan fingerprint density at radius 2 is 2.07 bits per heavy atom. The van der Waals surface area contributed by atoms with Crippen LogP contribution in [0.25, 0.3) is 0 Å². The number of carbonyl (C=O) groups excluding carboxylic acids is 1. The van der Waals surface area contributed by atoms with Crippen LogP contribution < -0.4 is 0 Å². The second-order valence-corrected chi connectivity index (χ2v) is 4.77. The highest BCUT2D eigenvalue weighted by Gasteiger charge is 2.31. The summed E-state index contributed by atoms with van der Waals surface area (Å²) in [5.74, 6) is 1.05. The van der Waals surface area contributed by atoms with Gasteiger partial charge in [0.25, 0.3) is 5.91 Å². The molecule has 2 aliphatic heterocycles. The van der Waals surface area contributed by atoms with Crippen LogP contribution in [0, 0.1) is 0 Å². The molecule has 0 bridgehead atoms.